The van der Waals surface area contributed by atoms with Crippen LogP contribution in [0.2, 0.25) is 5.15 Å². The highest BCUT2D eigenvalue weighted by Gasteiger charge is 2.10. The SMILES string of the molecule is COc1c(Cl)ncnc1NCCC1=CCCC1. The first kappa shape index (κ1) is 12.2. The minimum Gasteiger partial charge on any atom is -0.490 e. The number of anilines is 1. The van der Waals surface area contributed by atoms with Gasteiger partial charge in [-0.1, -0.05) is 23.3 Å². The van der Waals surface area contributed by atoms with E-state index in [1.165, 1.54) is 31.2 Å². The van der Waals surface area contributed by atoms with Crippen molar-refractivity contribution in [2.75, 3.05) is 19.0 Å². The maximum Gasteiger partial charge on any atom is 0.198 e. The highest BCUT2D eigenvalue weighted by molar-refractivity contribution is 6.31. The molecular weight excluding hydrogens is 238 g/mol. The Labute approximate surface area is 106 Å². The Morgan fingerprint density at radius 3 is 3.06 bits per heavy atom. The summed E-state index contributed by atoms with van der Waals surface area (Å²) in [6, 6.07) is 0. The van der Waals surface area contributed by atoms with Crippen molar-refractivity contribution in [2.45, 2.75) is 25.7 Å². The molecule has 0 bridgehead atoms. The molecule has 0 amide bonds. The van der Waals surface area contributed by atoms with Gasteiger partial charge in [0.05, 0.1) is 7.11 Å². The molecule has 0 unspecified atom stereocenters. The maximum absolute atomic E-state index is 5.91. The summed E-state index contributed by atoms with van der Waals surface area (Å²) in [5, 5.41) is 3.57. The molecule has 1 aromatic rings. The summed E-state index contributed by atoms with van der Waals surface area (Å²) in [4.78, 5) is 8.00. The lowest BCUT2D eigenvalue weighted by molar-refractivity contribution is 0.413. The Bertz CT molecular complexity index is 420. The summed E-state index contributed by atoms with van der Waals surface area (Å²) in [5.74, 6) is 1.17. The first-order chi connectivity index (χ1) is 8.31. The van der Waals surface area contributed by atoms with Crippen molar-refractivity contribution in [1.82, 2.24) is 9.97 Å². The molecule has 1 heterocycles. The zero-order valence-corrected chi connectivity index (χ0v) is 10.6. The molecule has 2 rings (SSSR count). The molecule has 4 nitrogen and oxygen atoms in total. The van der Waals surface area contributed by atoms with Crippen molar-refractivity contribution in [3.8, 4) is 5.75 Å². The van der Waals surface area contributed by atoms with Gasteiger partial charge >= 0.3 is 0 Å². The molecule has 0 aliphatic heterocycles. The van der Waals surface area contributed by atoms with Gasteiger partial charge in [-0.2, -0.15) is 0 Å². The molecule has 0 fully saturated rings. The third kappa shape index (κ3) is 3.09. The second-order valence-corrected chi connectivity index (χ2v) is 4.34. The Hall–Kier alpha value is -1.29. The molecule has 17 heavy (non-hydrogen) atoms. The van der Waals surface area contributed by atoms with Gasteiger partial charge < -0.3 is 10.1 Å². The van der Waals surface area contributed by atoms with Gasteiger partial charge in [0.1, 0.15) is 6.33 Å². The van der Waals surface area contributed by atoms with Crippen molar-refractivity contribution in [1.29, 1.82) is 0 Å². The van der Waals surface area contributed by atoms with Crippen molar-refractivity contribution in [2.24, 2.45) is 0 Å². The van der Waals surface area contributed by atoms with Crippen LogP contribution in [0, 0.1) is 0 Å². The molecule has 1 aromatic heterocycles. The average molecular weight is 254 g/mol. The molecule has 0 aromatic carbocycles. The van der Waals surface area contributed by atoms with Crippen LogP contribution in [0.25, 0.3) is 0 Å². The Morgan fingerprint density at radius 1 is 1.47 bits per heavy atom. The van der Waals surface area contributed by atoms with E-state index in [-0.39, 0.29) is 0 Å². The fourth-order valence-corrected chi connectivity index (χ4v) is 2.18. The van der Waals surface area contributed by atoms with E-state index in [0.717, 1.165) is 13.0 Å². The predicted octanol–water partition coefficient (Wildman–Crippen LogP) is 3.05. The summed E-state index contributed by atoms with van der Waals surface area (Å²) in [6.07, 6.45) is 8.54. The van der Waals surface area contributed by atoms with Crippen molar-refractivity contribution in [3.05, 3.63) is 23.1 Å². The van der Waals surface area contributed by atoms with E-state index in [1.54, 1.807) is 7.11 Å². The lowest BCUT2D eigenvalue weighted by atomic mass is 10.2. The number of hydrogen-bond donors (Lipinski definition) is 1. The van der Waals surface area contributed by atoms with Gasteiger partial charge in [-0.3, -0.25) is 0 Å². The third-order valence-corrected chi connectivity index (χ3v) is 3.11. The molecule has 0 saturated carbocycles. The van der Waals surface area contributed by atoms with Crippen LogP contribution >= 0.6 is 11.6 Å². The topological polar surface area (TPSA) is 47.0 Å². The standard InChI is InChI=1S/C12H16ClN3O/c1-17-10-11(13)15-8-16-12(10)14-7-6-9-4-2-3-5-9/h4,8H,2-3,5-7H2,1H3,(H,14,15,16). The van der Waals surface area contributed by atoms with Crippen molar-refractivity contribution < 1.29 is 4.74 Å². The molecule has 0 radical (unpaired) electrons. The first-order valence-corrected chi connectivity index (χ1v) is 6.15. The number of ether oxygens (including phenoxy) is 1. The van der Waals surface area contributed by atoms with E-state index in [1.807, 2.05) is 0 Å². The number of nitrogens with zero attached hydrogens (tertiary/aromatic N) is 2. The minimum atomic E-state index is 0.338. The quantitative estimate of drug-likeness (QED) is 0.647. The first-order valence-electron chi connectivity index (χ1n) is 5.77. The van der Waals surface area contributed by atoms with Crippen LogP contribution in [0.1, 0.15) is 25.7 Å². The second-order valence-electron chi connectivity index (χ2n) is 3.98. The molecule has 1 N–H and O–H groups in total. The van der Waals surface area contributed by atoms with Gasteiger partial charge in [0.2, 0.25) is 0 Å². The van der Waals surface area contributed by atoms with Crippen LogP contribution in [0.4, 0.5) is 5.82 Å². The zero-order valence-electron chi connectivity index (χ0n) is 9.87. The lowest BCUT2D eigenvalue weighted by Gasteiger charge is -2.10. The zero-order chi connectivity index (χ0) is 12.1. The summed E-state index contributed by atoms with van der Waals surface area (Å²) in [6.45, 7) is 0.843. The van der Waals surface area contributed by atoms with Gasteiger partial charge in [0, 0.05) is 6.54 Å². The molecule has 0 saturated heterocycles. The monoisotopic (exact) mass is 253 g/mol. The predicted molar refractivity (Wildman–Crippen MR) is 68.6 cm³/mol. The molecule has 92 valence electrons. The number of hydrogen-bond acceptors (Lipinski definition) is 4. The smallest absolute Gasteiger partial charge is 0.198 e. The Morgan fingerprint density at radius 2 is 2.35 bits per heavy atom. The Kier molecular flexibility index (Phi) is 4.20. The summed E-state index contributed by atoms with van der Waals surface area (Å²) in [5.41, 5.74) is 1.52. The third-order valence-electron chi connectivity index (χ3n) is 2.84. The molecule has 0 spiro atoms. The van der Waals surface area contributed by atoms with Crippen LogP contribution in [0.15, 0.2) is 18.0 Å². The van der Waals surface area contributed by atoms with Crippen LogP contribution in [0.5, 0.6) is 5.75 Å². The maximum atomic E-state index is 5.91. The van der Waals surface area contributed by atoms with Crippen molar-refractivity contribution >= 4 is 17.4 Å². The molecule has 1 aliphatic rings. The fraction of sp³-hybridized carbons (Fsp3) is 0.500. The average Bonchev–Trinajstić information content (AvgIpc) is 2.82. The van der Waals surface area contributed by atoms with E-state index in [9.17, 15) is 0 Å². The highest BCUT2D eigenvalue weighted by atomic mass is 35.5. The van der Waals surface area contributed by atoms with Crippen LogP contribution < -0.4 is 10.1 Å². The van der Waals surface area contributed by atoms with E-state index in [4.69, 9.17) is 16.3 Å². The lowest BCUT2D eigenvalue weighted by Crippen LogP contribution is -2.06. The summed E-state index contributed by atoms with van der Waals surface area (Å²) >= 11 is 5.91. The number of allylic oxidation sites excluding steroid dienone is 1. The van der Waals surface area contributed by atoms with E-state index in [2.05, 4.69) is 21.4 Å². The second kappa shape index (κ2) is 5.87. The van der Waals surface area contributed by atoms with Crippen LogP contribution in [-0.4, -0.2) is 23.6 Å². The molecule has 0 atom stereocenters. The molecule has 5 heteroatoms. The minimum absolute atomic E-state index is 0.338. The molecule has 1 aliphatic carbocycles. The Balaban J connectivity index is 1.92. The highest BCUT2D eigenvalue weighted by Crippen LogP contribution is 2.28. The van der Waals surface area contributed by atoms with Crippen molar-refractivity contribution in [3.63, 3.8) is 0 Å². The van der Waals surface area contributed by atoms with Gasteiger partial charge in [0.15, 0.2) is 16.7 Å². The fourth-order valence-electron chi connectivity index (χ4n) is 1.96. The number of rotatable bonds is 5. The van der Waals surface area contributed by atoms with E-state index >= 15 is 0 Å². The van der Waals surface area contributed by atoms with E-state index in [0.29, 0.717) is 16.7 Å². The number of nitrogens with one attached hydrogen (secondary N) is 1. The summed E-state index contributed by atoms with van der Waals surface area (Å²) < 4.78 is 5.16. The number of methoxy groups -OCH3 is 1. The summed E-state index contributed by atoms with van der Waals surface area (Å²) in [7, 11) is 1.56. The van der Waals surface area contributed by atoms with Gasteiger partial charge in [-0.15, -0.1) is 0 Å². The number of aromatic nitrogens is 2. The van der Waals surface area contributed by atoms with Crippen LogP contribution in [-0.2, 0) is 0 Å². The number of halogens is 1. The van der Waals surface area contributed by atoms with E-state index < -0.39 is 0 Å². The normalized spacial score (nSPS) is 14.6. The van der Waals surface area contributed by atoms with Gasteiger partial charge in [-0.25, -0.2) is 9.97 Å². The molecular formula is C12H16ClN3O. The van der Waals surface area contributed by atoms with Gasteiger partial charge in [-0.05, 0) is 25.7 Å². The van der Waals surface area contributed by atoms with Crippen LogP contribution in [0.3, 0.4) is 0 Å². The largest absolute Gasteiger partial charge is 0.490 e. The van der Waals surface area contributed by atoms with Gasteiger partial charge in [0.25, 0.3) is 0 Å².